The van der Waals surface area contributed by atoms with E-state index in [0.717, 1.165) is 44.8 Å². The van der Waals surface area contributed by atoms with Gasteiger partial charge in [-0.15, -0.1) is 0 Å². The number of rotatable bonds is 65. The fraction of sp³-hybridized carbons (Fsp3) is 0.589. The maximum atomic E-state index is 14.8. The van der Waals surface area contributed by atoms with Gasteiger partial charge in [-0.25, -0.2) is 24.4 Å². The molecule has 0 fully saturated rings. The van der Waals surface area contributed by atoms with Crippen molar-refractivity contribution in [3.05, 3.63) is 180 Å². The van der Waals surface area contributed by atoms with Crippen LogP contribution in [0.5, 0.6) is 0 Å². The standard InChI is InChI=1S/C57H85N5O15.C50H74N4O12/c1-55(2,3)45(37-49(64)70-11)52(66)61-62(39-42-20-22-43(23-21-42)46-19-15-16-24-58-46)40-48(76-50(65)38-59-53(67)77-57(7,8)9)44(35-41-17-13-12-14-18-41)36-47(63)51(56(4,5)6)60-54(68)75-34-33-74-32-31-73-30-29-72-28-27-71-26-25-69-10;1-49(2,3)41(34-45(57)61-8)47(58)53-54(35-38-17-19-39(20-18-38)42-16-12-13-21-51-42)36-44(56)40(32-37-14-10-9-11-15-37)33-43(55)46(50(4,5)6)52-48(59)66-31-30-65-29-28-64-27-26-63-25-24-62-23-22-60-7/h12-24,44-45,48,51H,25-40H2,1-11H3,(H,59,67)(H,60,68)(H,61,66);9-21,40-41,44,46,56H,22-36H2,1-8H3,(H,52,59)(H,53,58)/t44-,45-,48+,51-;40-,41-,44+,46-/m11/s1. The fourth-order valence-corrected chi connectivity index (χ4v) is 14.8. The minimum absolute atomic E-state index is 0.0401. The molecular weight excluding hydrogens is 1840 g/mol. The summed E-state index contributed by atoms with van der Waals surface area (Å²) in [6.45, 7) is 33.4. The van der Waals surface area contributed by atoms with Crippen molar-refractivity contribution < 1.29 is 129 Å². The quantitative estimate of drug-likeness (QED) is 0.00894. The summed E-state index contributed by atoms with van der Waals surface area (Å²) in [7, 11) is 5.77. The SMILES string of the molecule is COCCOCCOCCOCCOCCOC(=O)N[C@H](C(=O)C[C@@H](Cc1ccccc1)[C@@H](O)CN(Cc1ccc(-c2ccccn2)cc1)NC(=O)[C@@H](CC(=O)OC)C(C)(C)C)C(C)(C)C.COCCOCCOCCOCCOCCOC(=O)N[C@H](C(=O)C[C@@H](Cc1ccccc1)[C@H](CN(Cc1ccc(-c2ccccn2)cc1)NC(=O)[C@@H](CC(=O)OC)C(C)(C)C)OC(=O)CNC(=O)OC(C)(C)C)C(C)(C)C. The number of amides is 5. The second-order valence-electron chi connectivity index (χ2n) is 39.7. The van der Waals surface area contributed by atoms with Gasteiger partial charge in [-0.2, -0.15) is 0 Å². The number of carbonyl (C=O) groups is 10. The Bertz CT molecular complexity index is 4630. The van der Waals surface area contributed by atoms with Crippen molar-refractivity contribution in [2.24, 2.45) is 45.3 Å². The summed E-state index contributed by atoms with van der Waals surface area (Å²) in [6, 6.07) is 43.4. The first-order valence-electron chi connectivity index (χ1n) is 48.7. The number of hydrogen-bond acceptors (Lipinski definition) is 31. The molecule has 6 aromatic rings. The second-order valence-corrected chi connectivity index (χ2v) is 39.7. The molecule has 0 saturated carbocycles. The lowest BCUT2D eigenvalue weighted by molar-refractivity contribution is -0.155. The van der Waals surface area contributed by atoms with Crippen molar-refractivity contribution in [1.82, 2.24) is 46.8 Å². The van der Waals surface area contributed by atoms with Crippen molar-refractivity contribution in [2.45, 2.75) is 185 Å². The molecule has 6 N–H and O–H groups in total. The molecule has 794 valence electrons. The maximum Gasteiger partial charge on any atom is 0.408 e. The smallest absolute Gasteiger partial charge is 0.408 e. The average molecular weight is 2000 g/mol. The Morgan fingerprint density at radius 2 is 0.692 bits per heavy atom. The molecule has 0 unspecified atom stereocenters. The normalized spacial score (nSPS) is 13.5. The average Bonchev–Trinajstić information content (AvgIpc) is 0.828. The van der Waals surface area contributed by atoms with Crippen molar-refractivity contribution in [2.75, 3.05) is 180 Å². The lowest BCUT2D eigenvalue weighted by Crippen LogP contribution is -2.53. The van der Waals surface area contributed by atoms with Crippen LogP contribution in [0.25, 0.3) is 22.5 Å². The van der Waals surface area contributed by atoms with E-state index in [9.17, 15) is 53.1 Å². The number of ether oxygens (including phenoxy) is 16. The molecule has 2 aromatic heterocycles. The molecule has 5 amide bonds. The monoisotopic (exact) mass is 2000 g/mol. The predicted molar refractivity (Wildman–Crippen MR) is 538 cm³/mol. The third kappa shape index (κ3) is 52.0. The van der Waals surface area contributed by atoms with Crippen LogP contribution in [0.4, 0.5) is 14.4 Å². The van der Waals surface area contributed by atoms with Crippen molar-refractivity contribution in [3.63, 3.8) is 0 Å². The Morgan fingerprint density at radius 1 is 0.357 bits per heavy atom. The minimum atomic E-state index is -1.15. The maximum absolute atomic E-state index is 14.8. The predicted octanol–water partition coefficient (Wildman–Crippen LogP) is 12.8. The van der Waals surface area contributed by atoms with Gasteiger partial charge in [0, 0.05) is 76.1 Å². The van der Waals surface area contributed by atoms with Crippen LogP contribution in [0.15, 0.2) is 158 Å². The first-order valence-corrected chi connectivity index (χ1v) is 48.7. The molecule has 4 aromatic carbocycles. The number of Topliss-reactive ketones (excluding diaryl/α,β-unsaturated/α-hetero) is 2. The Hall–Kier alpha value is -10.8. The Morgan fingerprint density at radius 3 is 1.02 bits per heavy atom. The van der Waals surface area contributed by atoms with E-state index in [1.165, 1.54) is 14.2 Å². The van der Waals surface area contributed by atoms with Gasteiger partial charge in [0.1, 0.15) is 31.5 Å². The molecule has 0 saturated heterocycles. The van der Waals surface area contributed by atoms with Gasteiger partial charge < -0.3 is 96.8 Å². The minimum Gasteiger partial charge on any atom is -0.469 e. The first kappa shape index (κ1) is 123. The van der Waals surface area contributed by atoms with Crippen LogP contribution in [0.1, 0.15) is 152 Å². The van der Waals surface area contributed by atoms with E-state index < -0.39 is 130 Å². The molecule has 0 aliphatic heterocycles. The van der Waals surface area contributed by atoms with E-state index in [4.69, 9.17) is 75.8 Å². The second kappa shape index (κ2) is 66.2. The van der Waals surface area contributed by atoms with E-state index in [0.29, 0.717) is 106 Å². The number of nitrogens with one attached hydrogen (secondary N) is 5. The number of methoxy groups -OCH3 is 4. The molecule has 36 nitrogen and oxygen atoms in total. The van der Waals surface area contributed by atoms with Crippen LogP contribution >= 0.6 is 0 Å². The summed E-state index contributed by atoms with van der Waals surface area (Å²) in [4.78, 5) is 145. The highest BCUT2D eigenvalue weighted by atomic mass is 16.6. The van der Waals surface area contributed by atoms with Crippen LogP contribution in [0.2, 0.25) is 0 Å². The fourth-order valence-electron chi connectivity index (χ4n) is 14.8. The molecule has 0 aliphatic rings. The summed E-state index contributed by atoms with van der Waals surface area (Å²) < 4.78 is 86.0. The molecular formula is C107H159N9O27. The highest BCUT2D eigenvalue weighted by Crippen LogP contribution is 2.34. The zero-order valence-electron chi connectivity index (χ0n) is 87.4. The van der Waals surface area contributed by atoms with Gasteiger partial charge in [0.05, 0.1) is 194 Å². The molecule has 6 rings (SSSR count). The molecule has 0 aliphatic carbocycles. The number of aromatic nitrogens is 2. The van der Waals surface area contributed by atoms with E-state index in [-0.39, 0.29) is 103 Å². The molecule has 2 heterocycles. The lowest BCUT2D eigenvalue weighted by Gasteiger charge is -2.36. The summed E-state index contributed by atoms with van der Waals surface area (Å²) in [5.41, 5.74) is 8.99. The van der Waals surface area contributed by atoms with Crippen LogP contribution in [0, 0.1) is 45.3 Å². The van der Waals surface area contributed by atoms with E-state index in [2.05, 4.69) is 36.8 Å². The first-order chi connectivity index (χ1) is 68.0. The van der Waals surface area contributed by atoms with Gasteiger partial charge in [0.15, 0.2) is 11.6 Å². The summed E-state index contributed by atoms with van der Waals surface area (Å²) in [6.07, 6.45) is -1.43. The molecule has 0 radical (unpaired) electrons. The van der Waals surface area contributed by atoms with Crippen molar-refractivity contribution in [1.29, 1.82) is 0 Å². The molecule has 0 bridgehead atoms. The largest absolute Gasteiger partial charge is 0.469 e. The van der Waals surface area contributed by atoms with Crippen LogP contribution < -0.4 is 26.8 Å². The number of benzene rings is 4. The number of hydrazine groups is 2. The molecule has 143 heavy (non-hydrogen) atoms. The van der Waals surface area contributed by atoms with Crippen molar-refractivity contribution in [3.8, 4) is 22.5 Å². The third-order valence-corrected chi connectivity index (χ3v) is 22.5. The van der Waals surface area contributed by atoms with E-state index in [1.54, 1.807) is 57.4 Å². The van der Waals surface area contributed by atoms with Gasteiger partial charge in [-0.1, -0.05) is 204 Å². The van der Waals surface area contributed by atoms with Gasteiger partial charge in [-0.3, -0.25) is 54.4 Å². The summed E-state index contributed by atoms with van der Waals surface area (Å²) in [5.74, 6) is -6.55. The number of aliphatic hydroxyl groups is 1. The highest BCUT2D eigenvalue weighted by molar-refractivity contribution is 5.90. The topological polar surface area (TPSA) is 431 Å². The Labute approximate surface area is 844 Å². The number of ketones is 2. The lowest BCUT2D eigenvalue weighted by atomic mass is 9.78. The number of alkyl carbamates (subject to hydrolysis) is 3. The van der Waals surface area contributed by atoms with Crippen molar-refractivity contribution >= 4 is 59.6 Å². The van der Waals surface area contributed by atoms with Gasteiger partial charge in [-0.05, 0) is 108 Å². The van der Waals surface area contributed by atoms with Gasteiger partial charge in [0.2, 0.25) is 11.8 Å². The number of aliphatic hydroxyl groups excluding tert-OH is 1. The summed E-state index contributed by atoms with van der Waals surface area (Å²) >= 11 is 0. The molecule has 0 spiro atoms. The van der Waals surface area contributed by atoms with Crippen LogP contribution in [0.3, 0.4) is 0 Å². The Balaban J connectivity index is 0.000000510. The van der Waals surface area contributed by atoms with Gasteiger partial charge in [0.25, 0.3) is 0 Å². The van der Waals surface area contributed by atoms with Crippen LogP contribution in [-0.2, 0) is 135 Å². The number of nitrogens with zero attached hydrogens (tertiary/aromatic N) is 4. The van der Waals surface area contributed by atoms with E-state index >= 15 is 0 Å². The third-order valence-electron chi connectivity index (χ3n) is 22.5. The molecule has 8 atom stereocenters. The van der Waals surface area contributed by atoms with Gasteiger partial charge >= 0.3 is 36.2 Å². The number of pyridine rings is 2. The number of esters is 3. The number of hydrogen-bond donors (Lipinski definition) is 6. The zero-order valence-corrected chi connectivity index (χ0v) is 87.4. The molecule has 36 heteroatoms. The van der Waals surface area contributed by atoms with Crippen LogP contribution in [-0.4, -0.2) is 295 Å². The summed E-state index contributed by atoms with van der Waals surface area (Å²) in [5, 5.41) is 23.4. The van der Waals surface area contributed by atoms with E-state index in [1.807, 2.05) is 229 Å². The highest BCUT2D eigenvalue weighted by Gasteiger charge is 2.42. The Kier molecular flexibility index (Phi) is 56.8. The number of carbonyl (C=O) groups excluding carboxylic acids is 10. The zero-order chi connectivity index (χ0) is 105.